The lowest BCUT2D eigenvalue weighted by Crippen LogP contribution is -2.39. The first-order valence-electron chi connectivity index (χ1n) is 6.95. The van der Waals surface area contributed by atoms with Crippen LogP contribution in [0.25, 0.3) is 5.69 Å². The molecular formula is C14H18ClN5. The van der Waals surface area contributed by atoms with E-state index in [1.165, 1.54) is 25.6 Å². The minimum atomic E-state index is 0.520. The van der Waals surface area contributed by atoms with Gasteiger partial charge in [-0.2, -0.15) is 5.10 Å². The molecule has 2 aromatic rings. The number of hydrogen-bond acceptors (Lipinski definition) is 4. The van der Waals surface area contributed by atoms with Crippen molar-refractivity contribution in [3.05, 3.63) is 35.9 Å². The van der Waals surface area contributed by atoms with E-state index in [0.717, 1.165) is 24.5 Å². The van der Waals surface area contributed by atoms with Crippen LogP contribution in [0, 0.1) is 0 Å². The first-order chi connectivity index (χ1) is 9.83. The van der Waals surface area contributed by atoms with Gasteiger partial charge in [0.1, 0.15) is 12.7 Å². The molecule has 6 heteroatoms. The van der Waals surface area contributed by atoms with E-state index in [9.17, 15) is 0 Å². The average molecular weight is 292 g/mol. The Bertz CT molecular complexity index is 549. The molecule has 20 heavy (non-hydrogen) atoms. The third-order valence-electron chi connectivity index (χ3n) is 3.58. The Balaban J connectivity index is 1.75. The molecule has 1 aliphatic heterocycles. The molecule has 0 aliphatic carbocycles. The third-order valence-corrected chi connectivity index (χ3v) is 3.81. The number of nitrogens with one attached hydrogen (secondary N) is 2. The molecule has 0 saturated carbocycles. The van der Waals surface area contributed by atoms with E-state index < -0.39 is 0 Å². The van der Waals surface area contributed by atoms with E-state index in [-0.39, 0.29) is 0 Å². The number of anilines is 1. The molecule has 2 heterocycles. The molecule has 0 amide bonds. The van der Waals surface area contributed by atoms with Crippen LogP contribution in [0.4, 0.5) is 5.69 Å². The van der Waals surface area contributed by atoms with E-state index >= 15 is 0 Å². The largest absolute Gasteiger partial charge is 0.382 e. The maximum atomic E-state index is 6.10. The number of piperidine rings is 1. The summed E-state index contributed by atoms with van der Waals surface area (Å²) >= 11 is 6.10. The first-order valence-corrected chi connectivity index (χ1v) is 7.32. The quantitative estimate of drug-likeness (QED) is 0.909. The van der Waals surface area contributed by atoms with Gasteiger partial charge in [0, 0.05) is 17.6 Å². The molecule has 106 valence electrons. The van der Waals surface area contributed by atoms with Crippen molar-refractivity contribution in [1.29, 1.82) is 0 Å². The fraction of sp³-hybridized carbons (Fsp3) is 0.429. The molecule has 1 unspecified atom stereocenters. The van der Waals surface area contributed by atoms with Crippen LogP contribution >= 0.6 is 11.6 Å². The second-order valence-corrected chi connectivity index (χ2v) is 5.47. The molecule has 2 N–H and O–H groups in total. The van der Waals surface area contributed by atoms with Crippen molar-refractivity contribution in [3.8, 4) is 5.69 Å². The van der Waals surface area contributed by atoms with Gasteiger partial charge in [0.15, 0.2) is 0 Å². The van der Waals surface area contributed by atoms with E-state index in [0.29, 0.717) is 11.1 Å². The Labute approximate surface area is 123 Å². The molecular weight excluding hydrogens is 274 g/mol. The van der Waals surface area contributed by atoms with Gasteiger partial charge in [-0.15, -0.1) is 0 Å². The topological polar surface area (TPSA) is 54.8 Å². The predicted molar refractivity (Wildman–Crippen MR) is 80.5 cm³/mol. The molecule has 1 aliphatic rings. The molecule has 0 spiro atoms. The van der Waals surface area contributed by atoms with Crippen molar-refractivity contribution in [1.82, 2.24) is 20.1 Å². The highest BCUT2D eigenvalue weighted by Crippen LogP contribution is 2.24. The fourth-order valence-corrected chi connectivity index (χ4v) is 2.69. The number of nitrogens with zero attached hydrogens (tertiary/aromatic N) is 3. The van der Waals surface area contributed by atoms with Crippen LogP contribution in [-0.2, 0) is 0 Å². The Kier molecular flexibility index (Phi) is 4.18. The van der Waals surface area contributed by atoms with Gasteiger partial charge in [-0.05, 0) is 37.6 Å². The summed E-state index contributed by atoms with van der Waals surface area (Å²) in [5.41, 5.74) is 1.94. The summed E-state index contributed by atoms with van der Waals surface area (Å²) in [6.07, 6.45) is 7.00. The van der Waals surface area contributed by atoms with E-state index in [1.54, 1.807) is 11.0 Å². The number of benzene rings is 1. The summed E-state index contributed by atoms with van der Waals surface area (Å²) < 4.78 is 1.74. The Morgan fingerprint density at radius 3 is 3.10 bits per heavy atom. The molecule has 1 aromatic carbocycles. The number of hydrogen-bond donors (Lipinski definition) is 2. The lowest BCUT2D eigenvalue weighted by Gasteiger charge is -2.24. The summed E-state index contributed by atoms with van der Waals surface area (Å²) in [5, 5.41) is 11.9. The van der Waals surface area contributed by atoms with Gasteiger partial charge in [-0.25, -0.2) is 9.67 Å². The minimum absolute atomic E-state index is 0.520. The molecule has 5 nitrogen and oxygen atoms in total. The number of halogens is 1. The van der Waals surface area contributed by atoms with Gasteiger partial charge in [-0.1, -0.05) is 18.0 Å². The van der Waals surface area contributed by atoms with E-state index in [4.69, 9.17) is 11.6 Å². The van der Waals surface area contributed by atoms with Crippen molar-refractivity contribution >= 4 is 17.3 Å². The molecule has 0 bridgehead atoms. The van der Waals surface area contributed by atoms with Crippen molar-refractivity contribution in [2.45, 2.75) is 25.3 Å². The smallest absolute Gasteiger partial charge is 0.138 e. The highest BCUT2D eigenvalue weighted by atomic mass is 35.5. The van der Waals surface area contributed by atoms with Crippen molar-refractivity contribution in [3.63, 3.8) is 0 Å². The van der Waals surface area contributed by atoms with Crippen LogP contribution in [0.1, 0.15) is 19.3 Å². The zero-order chi connectivity index (χ0) is 13.8. The van der Waals surface area contributed by atoms with E-state index in [2.05, 4.69) is 20.7 Å². The molecule has 1 aromatic heterocycles. The van der Waals surface area contributed by atoms with Crippen LogP contribution in [0.2, 0.25) is 5.02 Å². The van der Waals surface area contributed by atoms with Gasteiger partial charge >= 0.3 is 0 Å². The lowest BCUT2D eigenvalue weighted by atomic mass is 10.1. The standard InChI is InChI=1S/C14H18ClN5/c15-11-4-5-14(20-10-16-9-19-20)13(7-11)18-8-12-3-1-2-6-17-12/h4-5,7,9-10,12,17-18H,1-3,6,8H2. The second-order valence-electron chi connectivity index (χ2n) is 5.03. The van der Waals surface area contributed by atoms with Crippen molar-refractivity contribution in [2.75, 3.05) is 18.4 Å². The maximum absolute atomic E-state index is 6.10. The van der Waals surface area contributed by atoms with Crippen molar-refractivity contribution < 1.29 is 0 Å². The monoisotopic (exact) mass is 291 g/mol. The zero-order valence-electron chi connectivity index (χ0n) is 11.2. The minimum Gasteiger partial charge on any atom is -0.382 e. The van der Waals surface area contributed by atoms with Crippen LogP contribution in [0.3, 0.4) is 0 Å². The van der Waals surface area contributed by atoms with Crippen LogP contribution in [0.15, 0.2) is 30.9 Å². The van der Waals surface area contributed by atoms with Gasteiger partial charge in [0.25, 0.3) is 0 Å². The van der Waals surface area contributed by atoms with Crippen LogP contribution in [0.5, 0.6) is 0 Å². The zero-order valence-corrected chi connectivity index (χ0v) is 12.0. The fourth-order valence-electron chi connectivity index (χ4n) is 2.51. The average Bonchev–Trinajstić information content (AvgIpc) is 3.00. The Hall–Kier alpha value is -1.59. The SMILES string of the molecule is Clc1ccc(-n2cncn2)c(NCC2CCCCN2)c1. The summed E-state index contributed by atoms with van der Waals surface area (Å²) in [6.45, 7) is 2.00. The van der Waals surface area contributed by atoms with Crippen LogP contribution in [-0.4, -0.2) is 33.9 Å². The highest BCUT2D eigenvalue weighted by molar-refractivity contribution is 6.31. The molecule has 3 rings (SSSR count). The molecule has 1 saturated heterocycles. The van der Waals surface area contributed by atoms with Crippen LogP contribution < -0.4 is 10.6 Å². The first kappa shape index (κ1) is 13.4. The molecule has 1 atom stereocenters. The number of rotatable bonds is 4. The van der Waals surface area contributed by atoms with E-state index in [1.807, 2.05) is 18.2 Å². The van der Waals surface area contributed by atoms with Crippen molar-refractivity contribution in [2.24, 2.45) is 0 Å². The summed E-state index contributed by atoms with van der Waals surface area (Å²) in [7, 11) is 0. The maximum Gasteiger partial charge on any atom is 0.138 e. The van der Waals surface area contributed by atoms with Gasteiger partial charge in [-0.3, -0.25) is 0 Å². The predicted octanol–water partition coefficient (Wildman–Crippen LogP) is 2.47. The second kappa shape index (κ2) is 6.24. The summed E-state index contributed by atoms with van der Waals surface area (Å²) in [5.74, 6) is 0. The molecule has 0 radical (unpaired) electrons. The van der Waals surface area contributed by atoms with Gasteiger partial charge < -0.3 is 10.6 Å². The third kappa shape index (κ3) is 3.11. The molecule has 1 fully saturated rings. The Morgan fingerprint density at radius 1 is 1.40 bits per heavy atom. The summed E-state index contributed by atoms with van der Waals surface area (Å²) in [4.78, 5) is 3.99. The Morgan fingerprint density at radius 2 is 2.35 bits per heavy atom. The lowest BCUT2D eigenvalue weighted by molar-refractivity contribution is 0.414. The summed E-state index contributed by atoms with van der Waals surface area (Å²) in [6, 6.07) is 6.27. The van der Waals surface area contributed by atoms with Gasteiger partial charge in [0.2, 0.25) is 0 Å². The number of aromatic nitrogens is 3. The van der Waals surface area contributed by atoms with Gasteiger partial charge in [0.05, 0.1) is 11.4 Å². The highest BCUT2D eigenvalue weighted by Gasteiger charge is 2.13. The normalized spacial score (nSPS) is 18.9.